The fourth-order valence-electron chi connectivity index (χ4n) is 1.35. The molecule has 1 aromatic carbocycles. The maximum atomic E-state index is 13.2. The van der Waals surface area contributed by atoms with Gasteiger partial charge in [-0.2, -0.15) is 0 Å². The second-order valence-electron chi connectivity index (χ2n) is 5.56. The third kappa shape index (κ3) is 3.30. The molecule has 0 atom stereocenters. The van der Waals surface area contributed by atoms with Gasteiger partial charge in [-0.25, -0.2) is 4.39 Å². The van der Waals surface area contributed by atoms with Crippen molar-refractivity contribution in [2.75, 3.05) is 0 Å². The van der Waals surface area contributed by atoms with Gasteiger partial charge in [0, 0.05) is 6.07 Å². The van der Waals surface area contributed by atoms with E-state index in [2.05, 4.69) is 5.32 Å². The van der Waals surface area contributed by atoms with E-state index in [1.54, 1.807) is 13.8 Å². The van der Waals surface area contributed by atoms with Gasteiger partial charge >= 0.3 is 0 Å². The Kier molecular flexibility index (Phi) is 4.14. The van der Waals surface area contributed by atoms with Gasteiger partial charge in [0.15, 0.2) is 0 Å². The molecule has 1 amide bonds. The van der Waals surface area contributed by atoms with Crippen molar-refractivity contribution < 1.29 is 19.2 Å². The number of carbonyl (C=O) groups is 1. The Labute approximate surface area is 115 Å². The molecule has 0 aliphatic heterocycles. The van der Waals surface area contributed by atoms with E-state index in [1.807, 2.05) is 0 Å². The summed E-state index contributed by atoms with van der Waals surface area (Å²) in [6.07, 6.45) is 0. The summed E-state index contributed by atoms with van der Waals surface area (Å²) in [5, 5.41) is 23.3. The lowest BCUT2D eigenvalue weighted by molar-refractivity contribution is -0.385. The van der Waals surface area contributed by atoms with Crippen LogP contribution in [0.3, 0.4) is 0 Å². The van der Waals surface area contributed by atoms with Gasteiger partial charge < -0.3 is 10.4 Å². The van der Waals surface area contributed by atoms with Gasteiger partial charge in [-0.15, -0.1) is 0 Å². The van der Waals surface area contributed by atoms with E-state index in [1.165, 1.54) is 13.8 Å². The summed E-state index contributed by atoms with van der Waals surface area (Å²) in [5.41, 5.74) is -3.18. The number of aliphatic hydroxyl groups is 1. The summed E-state index contributed by atoms with van der Waals surface area (Å²) in [7, 11) is 0. The highest BCUT2D eigenvalue weighted by molar-refractivity contribution is 5.98. The minimum Gasteiger partial charge on any atom is -0.388 e. The second kappa shape index (κ2) is 5.16. The SMILES string of the molecule is CC(C)(O)C(C)(C)NC(=O)c1cc(F)ccc1[N+](=O)[O-]. The van der Waals surface area contributed by atoms with Crippen LogP contribution in [0.5, 0.6) is 0 Å². The molecule has 0 spiro atoms. The van der Waals surface area contributed by atoms with Crippen LogP contribution >= 0.6 is 0 Å². The van der Waals surface area contributed by atoms with Gasteiger partial charge in [0.1, 0.15) is 11.4 Å². The van der Waals surface area contributed by atoms with Crippen molar-refractivity contribution in [1.29, 1.82) is 0 Å². The molecule has 1 aromatic rings. The van der Waals surface area contributed by atoms with E-state index < -0.39 is 33.5 Å². The molecular weight excluding hydrogens is 267 g/mol. The number of hydrogen-bond acceptors (Lipinski definition) is 4. The molecule has 0 fully saturated rings. The predicted octanol–water partition coefficient (Wildman–Crippen LogP) is 2.01. The van der Waals surface area contributed by atoms with Gasteiger partial charge in [-0.3, -0.25) is 14.9 Å². The molecule has 7 heteroatoms. The molecule has 6 nitrogen and oxygen atoms in total. The Bertz CT molecular complexity index is 550. The van der Waals surface area contributed by atoms with Crippen LogP contribution in [-0.2, 0) is 0 Å². The number of hydrogen-bond donors (Lipinski definition) is 2. The monoisotopic (exact) mass is 284 g/mol. The molecule has 1 rings (SSSR count). The Morgan fingerprint density at radius 1 is 1.35 bits per heavy atom. The fraction of sp³-hybridized carbons (Fsp3) is 0.462. The number of nitrogens with zero attached hydrogens (tertiary/aromatic N) is 1. The first-order chi connectivity index (χ1) is 8.95. The Balaban J connectivity index is 3.16. The standard InChI is InChI=1S/C13H17FN2O4/c1-12(2,13(3,4)18)15-11(17)9-7-8(14)5-6-10(9)16(19)20/h5-7,18H,1-4H3,(H,15,17). The van der Waals surface area contributed by atoms with Crippen molar-refractivity contribution in [3.05, 3.63) is 39.7 Å². The van der Waals surface area contributed by atoms with Gasteiger partial charge in [-0.1, -0.05) is 0 Å². The number of amides is 1. The zero-order chi connectivity index (χ0) is 15.7. The molecule has 0 saturated heterocycles. The maximum absolute atomic E-state index is 13.2. The zero-order valence-electron chi connectivity index (χ0n) is 11.7. The first kappa shape index (κ1) is 16.0. The van der Waals surface area contributed by atoms with Crippen LogP contribution in [0.1, 0.15) is 38.1 Å². The summed E-state index contributed by atoms with van der Waals surface area (Å²) in [5.74, 6) is -1.56. The van der Waals surface area contributed by atoms with Crippen molar-refractivity contribution in [2.45, 2.75) is 38.8 Å². The largest absolute Gasteiger partial charge is 0.388 e. The highest BCUT2D eigenvalue weighted by atomic mass is 19.1. The Hall–Kier alpha value is -2.02. The smallest absolute Gasteiger partial charge is 0.282 e. The predicted molar refractivity (Wildman–Crippen MR) is 70.9 cm³/mol. The quantitative estimate of drug-likeness (QED) is 0.653. The van der Waals surface area contributed by atoms with Crippen LogP contribution in [0.4, 0.5) is 10.1 Å². The average molecular weight is 284 g/mol. The van der Waals surface area contributed by atoms with Crippen molar-refractivity contribution in [3.8, 4) is 0 Å². The number of carbonyl (C=O) groups excluding carboxylic acids is 1. The first-order valence-corrected chi connectivity index (χ1v) is 5.94. The molecule has 110 valence electrons. The zero-order valence-corrected chi connectivity index (χ0v) is 11.7. The van der Waals surface area contributed by atoms with Gasteiger partial charge in [0.05, 0.1) is 16.1 Å². The molecule has 0 saturated carbocycles. The summed E-state index contributed by atoms with van der Waals surface area (Å²) < 4.78 is 13.2. The average Bonchev–Trinajstić information content (AvgIpc) is 2.26. The highest BCUT2D eigenvalue weighted by Crippen LogP contribution is 2.24. The lowest BCUT2D eigenvalue weighted by atomic mass is 9.85. The molecule has 0 heterocycles. The third-order valence-corrected chi connectivity index (χ3v) is 3.36. The van der Waals surface area contributed by atoms with Gasteiger partial charge in [0.2, 0.25) is 0 Å². The summed E-state index contributed by atoms with van der Waals surface area (Å²) >= 11 is 0. The minimum absolute atomic E-state index is 0.382. The number of halogens is 1. The molecule has 0 bridgehead atoms. The summed E-state index contributed by atoms with van der Waals surface area (Å²) in [6.45, 7) is 6.12. The molecule has 2 N–H and O–H groups in total. The van der Waals surface area contributed by atoms with Crippen molar-refractivity contribution in [3.63, 3.8) is 0 Å². The van der Waals surface area contributed by atoms with Crippen molar-refractivity contribution >= 4 is 11.6 Å². The molecule has 0 unspecified atom stereocenters. The Morgan fingerprint density at radius 2 is 1.90 bits per heavy atom. The molecule has 0 aliphatic carbocycles. The lowest BCUT2D eigenvalue weighted by Crippen LogP contribution is -2.57. The van der Waals surface area contributed by atoms with Gasteiger partial charge in [-0.05, 0) is 39.8 Å². The number of nitro benzene ring substituents is 1. The van der Waals surface area contributed by atoms with Crippen LogP contribution in [0.15, 0.2) is 18.2 Å². The van der Waals surface area contributed by atoms with Crippen LogP contribution in [0.25, 0.3) is 0 Å². The highest BCUT2D eigenvalue weighted by Gasteiger charge is 2.37. The molecule has 0 radical (unpaired) electrons. The van der Waals surface area contributed by atoms with E-state index in [0.29, 0.717) is 0 Å². The number of rotatable bonds is 4. The van der Waals surface area contributed by atoms with Crippen LogP contribution in [0.2, 0.25) is 0 Å². The summed E-state index contributed by atoms with van der Waals surface area (Å²) in [6, 6.07) is 2.64. The normalized spacial score (nSPS) is 12.1. The third-order valence-electron chi connectivity index (χ3n) is 3.36. The first-order valence-electron chi connectivity index (χ1n) is 5.94. The minimum atomic E-state index is -1.26. The summed E-state index contributed by atoms with van der Waals surface area (Å²) in [4.78, 5) is 22.2. The fourth-order valence-corrected chi connectivity index (χ4v) is 1.35. The number of benzene rings is 1. The Morgan fingerprint density at radius 3 is 2.35 bits per heavy atom. The van der Waals surface area contributed by atoms with Crippen LogP contribution in [0, 0.1) is 15.9 Å². The van der Waals surface area contributed by atoms with Gasteiger partial charge in [0.25, 0.3) is 11.6 Å². The number of nitrogens with one attached hydrogen (secondary N) is 1. The van der Waals surface area contributed by atoms with E-state index in [9.17, 15) is 24.4 Å². The van der Waals surface area contributed by atoms with E-state index in [-0.39, 0.29) is 5.56 Å². The van der Waals surface area contributed by atoms with Crippen LogP contribution in [-0.4, -0.2) is 27.1 Å². The lowest BCUT2D eigenvalue weighted by Gasteiger charge is -2.37. The van der Waals surface area contributed by atoms with E-state index >= 15 is 0 Å². The van der Waals surface area contributed by atoms with E-state index in [4.69, 9.17) is 0 Å². The molecule has 0 aromatic heterocycles. The molecule has 20 heavy (non-hydrogen) atoms. The van der Waals surface area contributed by atoms with Crippen LogP contribution < -0.4 is 5.32 Å². The molecular formula is C13H17FN2O4. The van der Waals surface area contributed by atoms with Crippen molar-refractivity contribution in [1.82, 2.24) is 5.32 Å². The topological polar surface area (TPSA) is 92.5 Å². The maximum Gasteiger partial charge on any atom is 0.282 e. The molecule has 0 aliphatic rings. The van der Waals surface area contributed by atoms with E-state index in [0.717, 1.165) is 18.2 Å². The number of nitro groups is 1. The van der Waals surface area contributed by atoms with Crippen molar-refractivity contribution in [2.24, 2.45) is 0 Å². The second-order valence-corrected chi connectivity index (χ2v) is 5.56.